The summed E-state index contributed by atoms with van der Waals surface area (Å²) in [6.07, 6.45) is 3.26. The molecule has 6 aromatic rings. The van der Waals surface area contributed by atoms with E-state index < -0.39 is 47.0 Å². The van der Waals surface area contributed by atoms with Gasteiger partial charge in [-0.25, -0.2) is 13.9 Å². The molecule has 74 heavy (non-hydrogen) atoms. The molecule has 1 saturated carbocycles. The molecular weight excluding hydrogens is 986 g/mol. The predicted molar refractivity (Wildman–Crippen MR) is 279 cm³/mol. The van der Waals surface area contributed by atoms with Crippen molar-refractivity contribution in [1.29, 1.82) is 5.26 Å². The third-order valence-corrected chi connectivity index (χ3v) is 15.5. The number of carbonyl (C=O) groups is 4. The second-order valence-electron chi connectivity index (χ2n) is 20.5. The number of piperazine rings is 1. The third-order valence-electron chi connectivity index (χ3n) is 13.5. The number of amides is 4. The maximum atomic E-state index is 14.7. The fourth-order valence-electron chi connectivity index (χ4n) is 9.19. The molecule has 5 aromatic heterocycles. The molecule has 0 bridgehead atoms. The summed E-state index contributed by atoms with van der Waals surface area (Å²) in [6.45, 7) is 13.7. The zero-order valence-corrected chi connectivity index (χ0v) is 43.9. The van der Waals surface area contributed by atoms with Gasteiger partial charge in [0.2, 0.25) is 22.9 Å². The zero-order valence-electron chi connectivity index (χ0n) is 42.2. The number of pyridine rings is 1. The number of alkyl halides is 1. The maximum absolute atomic E-state index is 14.7. The molecule has 2 saturated heterocycles. The van der Waals surface area contributed by atoms with Gasteiger partial charge in [0.15, 0.2) is 10.7 Å². The lowest BCUT2D eigenvalue weighted by Crippen LogP contribution is -2.59. The topological polar surface area (TPSA) is 236 Å². The van der Waals surface area contributed by atoms with E-state index in [1.165, 1.54) is 33.8 Å². The van der Waals surface area contributed by atoms with Gasteiger partial charge < -0.3 is 40.5 Å². The summed E-state index contributed by atoms with van der Waals surface area (Å²) in [7, 11) is 0. The summed E-state index contributed by atoms with van der Waals surface area (Å²) in [5.74, 6) is -1.36. The number of anilines is 2. The highest BCUT2D eigenvalue weighted by Gasteiger charge is 2.53. The Morgan fingerprint density at radius 3 is 2.51 bits per heavy atom. The lowest BCUT2D eigenvalue weighted by Gasteiger charge is -2.35. The zero-order chi connectivity index (χ0) is 52.5. The highest BCUT2D eigenvalue weighted by Crippen LogP contribution is 2.41. The molecule has 9 rings (SSSR count). The first-order chi connectivity index (χ1) is 35.4. The van der Waals surface area contributed by atoms with Crippen LogP contribution in [0.4, 0.5) is 15.2 Å². The van der Waals surface area contributed by atoms with Crippen LogP contribution in [0.15, 0.2) is 60.4 Å². The number of likely N-dealkylation sites (tertiary alicyclic amines) is 1. The lowest BCUT2D eigenvalue weighted by molar-refractivity contribution is -0.145. The van der Waals surface area contributed by atoms with Gasteiger partial charge >= 0.3 is 0 Å². The molecule has 0 spiro atoms. The Bertz CT molecular complexity index is 3110. The number of hydrogen-bond acceptors (Lipinski definition) is 16. The standard InChI is InChI=1S/C52H60FN13O6S2/c1-30(2)59-38-23-39(40-12-11-35-20-32(24-54)25-58-66(35)40)55-27-37(38)47-61-62-50(74-47)64-17-15-63(16-18-64)43(68)8-7-19-72-42-21-33(44-31(3)57-29-73-44)9-10-34(42)26-56-46(69)41-22-36(67)28-65(41)48(70)45(51(4,5)6)60-49(71)52(53)13-14-52/h9-12,20-21,23,25,27,29-30,36,41,45,67H,7-8,13-19,22,26,28H2,1-6H3,(H,55,59)(H,56,69)(H,60,71)/t36-,41+,45-/m1/s1. The summed E-state index contributed by atoms with van der Waals surface area (Å²) in [5, 5.41) is 44.1. The van der Waals surface area contributed by atoms with Crippen molar-refractivity contribution in [3.63, 3.8) is 0 Å². The number of halogens is 1. The van der Waals surface area contributed by atoms with E-state index in [1.807, 2.05) is 48.2 Å². The Labute approximate surface area is 436 Å². The minimum atomic E-state index is -1.99. The maximum Gasteiger partial charge on any atom is 0.258 e. The Kier molecular flexibility index (Phi) is 15.0. The molecular formula is C52H60FN13O6S2. The van der Waals surface area contributed by atoms with Crippen LogP contribution >= 0.6 is 22.7 Å². The number of nitrogens with one attached hydrogen (secondary N) is 3. The van der Waals surface area contributed by atoms with E-state index in [0.29, 0.717) is 60.2 Å². The van der Waals surface area contributed by atoms with Gasteiger partial charge in [-0.3, -0.25) is 24.2 Å². The molecule has 3 atom stereocenters. The van der Waals surface area contributed by atoms with Crippen LogP contribution in [0.1, 0.15) is 83.5 Å². The summed E-state index contributed by atoms with van der Waals surface area (Å²) in [6, 6.07) is 13.4. The molecule has 388 valence electrons. The molecule has 2 aliphatic heterocycles. The Morgan fingerprint density at radius 1 is 1.03 bits per heavy atom. The summed E-state index contributed by atoms with van der Waals surface area (Å²) in [4.78, 5) is 69.6. The minimum absolute atomic E-state index is 0.000390. The Morgan fingerprint density at radius 2 is 1.81 bits per heavy atom. The van der Waals surface area contributed by atoms with Crippen molar-refractivity contribution < 1.29 is 33.4 Å². The number of rotatable bonds is 17. The smallest absolute Gasteiger partial charge is 0.258 e. The summed E-state index contributed by atoms with van der Waals surface area (Å²) < 4.78 is 22.8. The van der Waals surface area contributed by atoms with E-state index in [-0.39, 0.29) is 57.3 Å². The molecule has 1 aliphatic carbocycles. The van der Waals surface area contributed by atoms with Gasteiger partial charge in [-0.2, -0.15) is 10.4 Å². The molecule has 7 heterocycles. The average Bonchev–Trinajstić information content (AvgIpc) is 3.86. The van der Waals surface area contributed by atoms with E-state index in [0.717, 1.165) is 43.7 Å². The van der Waals surface area contributed by atoms with Crippen LogP contribution in [-0.2, 0) is 25.7 Å². The van der Waals surface area contributed by atoms with Crippen molar-refractivity contribution >= 4 is 62.6 Å². The number of β-amino-alcohol motifs (C(OH)–C–C–N with tert-alkyl or cyclic N) is 1. The Hall–Kier alpha value is -7.09. The summed E-state index contributed by atoms with van der Waals surface area (Å²) >= 11 is 2.97. The molecule has 4 N–H and O–H groups in total. The fourth-order valence-corrected chi connectivity index (χ4v) is 10.9. The van der Waals surface area contributed by atoms with Crippen LogP contribution in [0.3, 0.4) is 0 Å². The van der Waals surface area contributed by atoms with E-state index in [4.69, 9.17) is 9.72 Å². The second-order valence-corrected chi connectivity index (χ2v) is 22.3. The average molecular weight is 1050 g/mol. The Balaban J connectivity index is 0.798. The number of ether oxygens (including phenoxy) is 1. The number of aliphatic hydroxyl groups is 1. The van der Waals surface area contributed by atoms with E-state index in [1.54, 1.807) is 43.1 Å². The molecule has 4 amide bonds. The number of aromatic nitrogens is 6. The van der Waals surface area contributed by atoms with Gasteiger partial charge in [0.05, 0.1) is 63.0 Å². The number of aliphatic hydroxyl groups excluding tert-OH is 1. The van der Waals surface area contributed by atoms with Gasteiger partial charge in [0.1, 0.15) is 23.9 Å². The molecule has 22 heteroatoms. The highest BCUT2D eigenvalue weighted by atomic mass is 32.1. The number of carbonyl (C=O) groups excluding carboxylic acids is 4. The number of fused-ring (bicyclic) bond motifs is 1. The fraction of sp³-hybridized carbons (Fsp3) is 0.462. The third kappa shape index (κ3) is 11.3. The van der Waals surface area contributed by atoms with Crippen LogP contribution in [0.25, 0.3) is 37.9 Å². The number of thiazole rings is 1. The van der Waals surface area contributed by atoms with Gasteiger partial charge in [0.25, 0.3) is 5.91 Å². The number of aryl methyl sites for hydroxylation is 1. The number of nitrogens with zero attached hydrogens (tertiary/aromatic N) is 10. The van der Waals surface area contributed by atoms with Crippen molar-refractivity contribution in [2.45, 2.75) is 110 Å². The van der Waals surface area contributed by atoms with Crippen LogP contribution in [0.5, 0.6) is 5.75 Å². The number of nitriles is 1. The molecule has 1 aromatic carbocycles. The second kappa shape index (κ2) is 21.4. The monoisotopic (exact) mass is 1050 g/mol. The number of hydrogen-bond donors (Lipinski definition) is 4. The highest BCUT2D eigenvalue weighted by molar-refractivity contribution is 7.18. The number of benzene rings is 1. The summed E-state index contributed by atoms with van der Waals surface area (Å²) in [5.41, 5.74) is 5.84. The van der Waals surface area contributed by atoms with Crippen LogP contribution in [-0.4, -0.2) is 138 Å². The molecule has 3 aliphatic rings. The molecule has 0 radical (unpaired) electrons. The van der Waals surface area contributed by atoms with Crippen molar-refractivity contribution in [2.75, 3.05) is 49.5 Å². The molecule has 0 unspecified atom stereocenters. The van der Waals surface area contributed by atoms with Gasteiger partial charge in [0, 0.05) is 75.6 Å². The van der Waals surface area contributed by atoms with Gasteiger partial charge in [-0.15, -0.1) is 21.5 Å². The SMILES string of the molecule is Cc1ncsc1-c1ccc(CNC(=O)[C@@H]2C[C@@H](O)CN2C(=O)[C@@H](NC(=O)C2(F)CC2)C(C)(C)C)c(OCCCC(=O)N2CCN(c3nnc(-c4cnc(-c5ccc6cc(C#N)cnn56)cc4NC(C)C)s3)CC2)c1. The lowest BCUT2D eigenvalue weighted by atomic mass is 9.85. The predicted octanol–water partition coefficient (Wildman–Crippen LogP) is 6.16. The van der Waals surface area contributed by atoms with Crippen molar-refractivity contribution in [3.05, 3.63) is 77.2 Å². The van der Waals surface area contributed by atoms with E-state index >= 15 is 0 Å². The van der Waals surface area contributed by atoms with Crippen molar-refractivity contribution in [2.24, 2.45) is 5.41 Å². The van der Waals surface area contributed by atoms with Gasteiger partial charge in [-0.1, -0.05) is 44.2 Å². The molecule has 19 nitrogen and oxygen atoms in total. The first-order valence-electron chi connectivity index (χ1n) is 24.8. The quantitative estimate of drug-likeness (QED) is 0.0750. The van der Waals surface area contributed by atoms with Gasteiger partial charge in [-0.05, 0) is 81.3 Å². The molecule has 3 fully saturated rings. The van der Waals surface area contributed by atoms with E-state index in [2.05, 4.69) is 61.0 Å². The van der Waals surface area contributed by atoms with Crippen LogP contribution < -0.4 is 25.6 Å². The van der Waals surface area contributed by atoms with Crippen molar-refractivity contribution in [1.82, 2.24) is 50.2 Å². The van der Waals surface area contributed by atoms with Crippen molar-refractivity contribution in [3.8, 4) is 44.2 Å². The minimum Gasteiger partial charge on any atom is -0.493 e. The first-order valence-corrected chi connectivity index (χ1v) is 26.5. The largest absolute Gasteiger partial charge is 0.493 e. The first kappa shape index (κ1) is 51.8. The van der Waals surface area contributed by atoms with Crippen LogP contribution in [0.2, 0.25) is 0 Å². The normalized spacial score (nSPS) is 17.8. The van der Waals surface area contributed by atoms with Crippen LogP contribution in [0, 0.1) is 23.7 Å². The van der Waals surface area contributed by atoms with E-state index in [9.17, 15) is 33.9 Å².